The van der Waals surface area contributed by atoms with Crippen LogP contribution in [0.2, 0.25) is 0 Å². The first kappa shape index (κ1) is 16.3. The molecule has 25 heavy (non-hydrogen) atoms. The molecule has 1 saturated heterocycles. The number of carboxylic acids is 1. The highest BCUT2D eigenvalue weighted by atomic mass is 16.4. The SMILES string of the molecule is CCN1CC[C@H]2[C@H](c3ccc(C(=O)O)cc3)c3cc(C)ccc3[C@@H]2C1. The van der Waals surface area contributed by atoms with Gasteiger partial charge in [-0.3, -0.25) is 0 Å². The zero-order valence-corrected chi connectivity index (χ0v) is 14.9. The van der Waals surface area contributed by atoms with Crippen LogP contribution in [0.25, 0.3) is 0 Å². The summed E-state index contributed by atoms with van der Waals surface area (Å²) in [5, 5.41) is 9.17. The molecule has 3 nitrogen and oxygen atoms in total. The highest BCUT2D eigenvalue weighted by molar-refractivity contribution is 5.87. The van der Waals surface area contributed by atoms with Crippen molar-refractivity contribution < 1.29 is 9.90 Å². The largest absolute Gasteiger partial charge is 0.478 e. The molecule has 3 atom stereocenters. The summed E-state index contributed by atoms with van der Waals surface area (Å²) < 4.78 is 0. The number of carboxylic acid groups (broad SMARTS) is 1. The second-order valence-corrected chi connectivity index (χ2v) is 7.49. The van der Waals surface area contributed by atoms with Crippen molar-refractivity contribution in [2.24, 2.45) is 5.92 Å². The summed E-state index contributed by atoms with van der Waals surface area (Å²) >= 11 is 0. The van der Waals surface area contributed by atoms with Crippen LogP contribution in [-0.4, -0.2) is 35.6 Å². The van der Waals surface area contributed by atoms with Crippen LogP contribution in [0.3, 0.4) is 0 Å². The minimum Gasteiger partial charge on any atom is -0.478 e. The van der Waals surface area contributed by atoms with Crippen molar-refractivity contribution in [1.82, 2.24) is 4.90 Å². The first-order chi connectivity index (χ1) is 12.1. The normalized spacial score (nSPS) is 25.4. The number of likely N-dealkylation sites (tertiary alicyclic amines) is 1. The van der Waals surface area contributed by atoms with E-state index in [1.54, 1.807) is 12.1 Å². The van der Waals surface area contributed by atoms with Gasteiger partial charge in [0.15, 0.2) is 0 Å². The minimum absolute atomic E-state index is 0.364. The van der Waals surface area contributed by atoms with E-state index in [9.17, 15) is 9.90 Å². The summed E-state index contributed by atoms with van der Waals surface area (Å²) in [4.78, 5) is 13.7. The number of aromatic carboxylic acids is 1. The maximum Gasteiger partial charge on any atom is 0.335 e. The number of hydrogen-bond donors (Lipinski definition) is 1. The number of fused-ring (bicyclic) bond motifs is 3. The van der Waals surface area contributed by atoms with Crippen LogP contribution in [0.1, 0.15) is 57.8 Å². The second-order valence-electron chi connectivity index (χ2n) is 7.49. The third-order valence-corrected chi connectivity index (χ3v) is 6.12. The van der Waals surface area contributed by atoms with Crippen LogP contribution in [-0.2, 0) is 0 Å². The zero-order valence-electron chi connectivity index (χ0n) is 14.9. The third-order valence-electron chi connectivity index (χ3n) is 6.12. The molecule has 0 saturated carbocycles. The molecular formula is C22H25NO2. The fraction of sp³-hybridized carbons (Fsp3) is 0.409. The summed E-state index contributed by atoms with van der Waals surface area (Å²) in [6.07, 6.45) is 1.21. The lowest BCUT2D eigenvalue weighted by Gasteiger charge is -2.37. The van der Waals surface area contributed by atoms with Crippen LogP contribution < -0.4 is 0 Å². The van der Waals surface area contributed by atoms with Gasteiger partial charge in [0.2, 0.25) is 0 Å². The highest BCUT2D eigenvalue weighted by Crippen LogP contribution is 2.53. The molecule has 2 aromatic rings. The van der Waals surface area contributed by atoms with E-state index in [-0.39, 0.29) is 0 Å². The number of likely N-dealkylation sites (N-methyl/N-ethyl adjacent to an activating group) is 1. The Balaban J connectivity index is 1.76. The van der Waals surface area contributed by atoms with Crippen molar-refractivity contribution in [1.29, 1.82) is 0 Å². The molecule has 0 aromatic heterocycles. The number of hydrogen-bond acceptors (Lipinski definition) is 2. The lowest BCUT2D eigenvalue weighted by molar-refractivity contribution is 0.0697. The molecule has 0 spiro atoms. The molecule has 1 aliphatic heterocycles. The van der Waals surface area contributed by atoms with Crippen molar-refractivity contribution in [3.63, 3.8) is 0 Å². The third kappa shape index (κ3) is 2.77. The van der Waals surface area contributed by atoms with Crippen LogP contribution in [0.4, 0.5) is 0 Å². The molecule has 1 N–H and O–H groups in total. The topological polar surface area (TPSA) is 40.5 Å². The Bertz CT molecular complexity index is 796. The van der Waals surface area contributed by atoms with Crippen LogP contribution in [0, 0.1) is 12.8 Å². The summed E-state index contributed by atoms with van der Waals surface area (Å²) in [5.74, 6) is 0.744. The quantitative estimate of drug-likeness (QED) is 0.911. The first-order valence-electron chi connectivity index (χ1n) is 9.24. The molecule has 1 heterocycles. The summed E-state index contributed by atoms with van der Waals surface area (Å²) in [6.45, 7) is 7.82. The molecule has 2 aliphatic rings. The Kier molecular flexibility index (Phi) is 4.12. The Morgan fingerprint density at radius 1 is 1.16 bits per heavy atom. The standard InChI is InChI=1S/C22H25NO2/c1-3-23-11-10-18-20(13-23)17-9-4-14(2)12-19(17)21(18)15-5-7-16(8-6-15)22(24)25/h4-9,12,18,20-21H,3,10-11,13H2,1-2H3,(H,24,25)/t18-,20+,21+/m1/s1. The summed E-state index contributed by atoms with van der Waals surface area (Å²) in [6, 6.07) is 14.5. The smallest absolute Gasteiger partial charge is 0.335 e. The van der Waals surface area contributed by atoms with E-state index < -0.39 is 5.97 Å². The van der Waals surface area contributed by atoms with E-state index in [1.165, 1.54) is 28.7 Å². The van der Waals surface area contributed by atoms with Gasteiger partial charge in [-0.05, 0) is 61.2 Å². The fourth-order valence-corrected chi connectivity index (χ4v) is 4.84. The van der Waals surface area contributed by atoms with E-state index in [1.807, 2.05) is 12.1 Å². The van der Waals surface area contributed by atoms with E-state index in [0.717, 1.165) is 19.6 Å². The van der Waals surface area contributed by atoms with Gasteiger partial charge in [0.25, 0.3) is 0 Å². The van der Waals surface area contributed by atoms with Crippen molar-refractivity contribution in [2.45, 2.75) is 32.1 Å². The molecule has 3 heteroatoms. The fourth-order valence-electron chi connectivity index (χ4n) is 4.84. The zero-order chi connectivity index (χ0) is 17.6. The minimum atomic E-state index is -0.858. The van der Waals surface area contributed by atoms with Crippen LogP contribution in [0.15, 0.2) is 42.5 Å². The van der Waals surface area contributed by atoms with Crippen molar-refractivity contribution in [3.8, 4) is 0 Å². The van der Waals surface area contributed by atoms with Crippen LogP contribution >= 0.6 is 0 Å². The number of aryl methyl sites for hydroxylation is 1. The van der Waals surface area contributed by atoms with Gasteiger partial charge in [-0.25, -0.2) is 4.79 Å². The molecule has 0 amide bonds. The van der Waals surface area contributed by atoms with Gasteiger partial charge in [0.05, 0.1) is 5.56 Å². The maximum absolute atomic E-state index is 11.2. The number of carbonyl (C=O) groups is 1. The maximum atomic E-state index is 11.2. The number of piperidine rings is 1. The Hall–Kier alpha value is -2.13. The van der Waals surface area contributed by atoms with Crippen molar-refractivity contribution >= 4 is 5.97 Å². The average molecular weight is 335 g/mol. The molecule has 0 bridgehead atoms. The van der Waals surface area contributed by atoms with Crippen molar-refractivity contribution in [2.75, 3.05) is 19.6 Å². The molecule has 2 aromatic carbocycles. The molecule has 130 valence electrons. The van der Waals surface area contributed by atoms with E-state index in [0.29, 0.717) is 23.3 Å². The van der Waals surface area contributed by atoms with E-state index >= 15 is 0 Å². The van der Waals surface area contributed by atoms with E-state index in [4.69, 9.17) is 0 Å². The highest BCUT2D eigenvalue weighted by Gasteiger charge is 2.43. The predicted octanol–water partition coefficient (Wildman–Crippen LogP) is 4.26. The number of benzene rings is 2. The summed E-state index contributed by atoms with van der Waals surface area (Å²) in [5.41, 5.74) is 5.88. The first-order valence-corrected chi connectivity index (χ1v) is 9.24. The Morgan fingerprint density at radius 2 is 1.92 bits per heavy atom. The molecule has 1 fully saturated rings. The van der Waals surface area contributed by atoms with Gasteiger partial charge in [-0.2, -0.15) is 0 Å². The Morgan fingerprint density at radius 3 is 2.60 bits per heavy atom. The molecule has 1 aliphatic carbocycles. The molecule has 0 unspecified atom stereocenters. The number of rotatable bonds is 3. The average Bonchev–Trinajstić information content (AvgIpc) is 2.94. The van der Waals surface area contributed by atoms with Crippen molar-refractivity contribution in [3.05, 3.63) is 70.3 Å². The second kappa shape index (κ2) is 6.30. The molecular weight excluding hydrogens is 310 g/mol. The van der Waals surface area contributed by atoms with Gasteiger partial charge in [-0.15, -0.1) is 0 Å². The van der Waals surface area contributed by atoms with Crippen LogP contribution in [0.5, 0.6) is 0 Å². The van der Waals surface area contributed by atoms with Gasteiger partial charge in [0, 0.05) is 18.4 Å². The summed E-state index contributed by atoms with van der Waals surface area (Å²) in [7, 11) is 0. The lowest BCUT2D eigenvalue weighted by atomic mass is 9.78. The van der Waals surface area contributed by atoms with Gasteiger partial charge >= 0.3 is 5.97 Å². The predicted molar refractivity (Wildman–Crippen MR) is 99.4 cm³/mol. The monoisotopic (exact) mass is 335 g/mol. The Labute approximate surface area is 149 Å². The van der Waals surface area contributed by atoms with Gasteiger partial charge in [0.1, 0.15) is 0 Å². The lowest BCUT2D eigenvalue weighted by Crippen LogP contribution is -2.38. The molecule has 4 rings (SSSR count). The van der Waals surface area contributed by atoms with E-state index in [2.05, 4.69) is 36.9 Å². The molecule has 0 radical (unpaired) electrons. The van der Waals surface area contributed by atoms with Gasteiger partial charge in [-0.1, -0.05) is 42.8 Å². The number of nitrogens with zero attached hydrogens (tertiary/aromatic N) is 1. The van der Waals surface area contributed by atoms with Gasteiger partial charge < -0.3 is 10.0 Å².